The fourth-order valence-electron chi connectivity index (χ4n) is 3.52. The first-order valence-corrected chi connectivity index (χ1v) is 14.5. The number of aromatic nitrogens is 1. The summed E-state index contributed by atoms with van der Waals surface area (Å²) in [6.07, 6.45) is 0.752. The normalized spacial score (nSPS) is 12.3. The van der Waals surface area contributed by atoms with Gasteiger partial charge < -0.3 is 14.4 Å². The minimum absolute atomic E-state index is 0.00362. The van der Waals surface area contributed by atoms with Gasteiger partial charge >= 0.3 is 5.97 Å². The summed E-state index contributed by atoms with van der Waals surface area (Å²) in [6.45, 7) is 8.38. The summed E-state index contributed by atoms with van der Waals surface area (Å²) in [4.78, 5) is 30.4. The summed E-state index contributed by atoms with van der Waals surface area (Å²) < 4.78 is 11.8. The smallest absolute Gasteiger partial charge is 0.308 e. The molecule has 2 heterocycles. The number of benzene rings is 2. The molecule has 0 saturated heterocycles. The molecule has 1 atom stereocenters. The Morgan fingerprint density at radius 3 is 2.23 bits per heavy atom. The van der Waals surface area contributed by atoms with Crippen LogP contribution in [-0.4, -0.2) is 36.6 Å². The van der Waals surface area contributed by atoms with Gasteiger partial charge in [-0.05, 0) is 67.9 Å². The van der Waals surface area contributed by atoms with Crippen molar-refractivity contribution < 1.29 is 19.1 Å². The predicted molar refractivity (Wildman–Crippen MR) is 158 cm³/mol. The standard InChI is InChI=1S/C28H30N6O4S2/c1-5-18(3)27(36)38-16-15-37-23-13-9-21(10-14-23)30-32-25-17-24-26(40-25)29-28(39-24)33-31-20-7-11-22(12-8-20)34(6-2)19(4)35/h7-14,17-18H,5-6,15-16H2,1-4H3. The van der Waals surface area contributed by atoms with Crippen LogP contribution in [0.5, 0.6) is 5.75 Å². The second kappa shape index (κ2) is 13.9. The number of amides is 1. The lowest BCUT2D eigenvalue weighted by Gasteiger charge is -2.18. The first-order valence-electron chi connectivity index (χ1n) is 12.9. The van der Waals surface area contributed by atoms with Crippen LogP contribution < -0.4 is 9.64 Å². The Hall–Kier alpha value is -4.03. The molecule has 10 nitrogen and oxygen atoms in total. The molecule has 1 unspecified atom stereocenters. The van der Waals surface area contributed by atoms with Gasteiger partial charge in [0.2, 0.25) is 11.0 Å². The zero-order valence-corrected chi connectivity index (χ0v) is 24.4. The molecule has 208 valence electrons. The van der Waals surface area contributed by atoms with Gasteiger partial charge in [-0.1, -0.05) is 36.5 Å². The molecule has 4 rings (SSSR count). The number of anilines is 1. The van der Waals surface area contributed by atoms with Crippen LogP contribution in [0.15, 0.2) is 75.1 Å². The molecular formula is C28H30N6O4S2. The van der Waals surface area contributed by atoms with E-state index in [4.69, 9.17) is 9.47 Å². The van der Waals surface area contributed by atoms with E-state index in [2.05, 4.69) is 25.4 Å². The maximum absolute atomic E-state index is 11.7. The number of carbonyl (C=O) groups excluding carboxylic acids is 2. The van der Waals surface area contributed by atoms with E-state index < -0.39 is 0 Å². The van der Waals surface area contributed by atoms with Crippen LogP contribution in [-0.2, 0) is 14.3 Å². The van der Waals surface area contributed by atoms with Crippen molar-refractivity contribution >= 4 is 71.3 Å². The molecule has 2 aromatic carbocycles. The molecule has 0 radical (unpaired) electrons. The number of rotatable bonds is 12. The van der Waals surface area contributed by atoms with E-state index in [1.807, 2.05) is 63.2 Å². The number of thiazole rings is 1. The highest BCUT2D eigenvalue weighted by Crippen LogP contribution is 2.39. The highest BCUT2D eigenvalue weighted by atomic mass is 32.1. The van der Waals surface area contributed by atoms with Gasteiger partial charge in [0, 0.05) is 19.2 Å². The third kappa shape index (κ3) is 7.76. The van der Waals surface area contributed by atoms with Gasteiger partial charge in [0.25, 0.3) is 0 Å². The van der Waals surface area contributed by atoms with E-state index in [1.54, 1.807) is 24.0 Å². The summed E-state index contributed by atoms with van der Waals surface area (Å²) in [5.74, 6) is 0.351. The minimum Gasteiger partial charge on any atom is -0.490 e. The lowest BCUT2D eigenvalue weighted by Crippen LogP contribution is -2.27. The van der Waals surface area contributed by atoms with Crippen molar-refractivity contribution in [2.45, 2.75) is 34.1 Å². The number of thiophene rings is 1. The van der Waals surface area contributed by atoms with E-state index in [0.29, 0.717) is 28.8 Å². The number of hydrogen-bond donors (Lipinski definition) is 0. The first kappa shape index (κ1) is 29.0. The molecule has 0 aliphatic rings. The molecule has 0 saturated carbocycles. The van der Waals surface area contributed by atoms with Crippen molar-refractivity contribution in [3.63, 3.8) is 0 Å². The summed E-state index contributed by atoms with van der Waals surface area (Å²) >= 11 is 2.85. The van der Waals surface area contributed by atoms with Crippen LogP contribution in [0.3, 0.4) is 0 Å². The lowest BCUT2D eigenvalue weighted by molar-refractivity contribution is -0.148. The molecule has 4 aromatic rings. The first-order chi connectivity index (χ1) is 19.4. The molecule has 1 amide bonds. The molecule has 0 fully saturated rings. The summed E-state index contributed by atoms with van der Waals surface area (Å²) in [7, 11) is 0. The van der Waals surface area contributed by atoms with Crippen LogP contribution >= 0.6 is 22.7 Å². The number of fused-ring (bicyclic) bond motifs is 1. The highest BCUT2D eigenvalue weighted by Gasteiger charge is 2.12. The quantitative estimate of drug-likeness (QED) is 0.0948. The monoisotopic (exact) mass is 578 g/mol. The fraction of sp³-hybridized carbons (Fsp3) is 0.321. The van der Waals surface area contributed by atoms with Crippen LogP contribution in [0.25, 0.3) is 9.53 Å². The average Bonchev–Trinajstić information content (AvgIpc) is 3.52. The average molecular weight is 579 g/mol. The zero-order chi connectivity index (χ0) is 28.5. The Kier molecular flexibility index (Phi) is 10.0. The SMILES string of the molecule is CCC(C)C(=O)OCCOc1ccc(N=Nc2cc3sc(N=Nc4ccc(N(CC)C(C)=O)cc4)nc3s2)cc1. The number of esters is 1. The Morgan fingerprint density at radius 1 is 0.925 bits per heavy atom. The van der Waals surface area contributed by atoms with E-state index in [1.165, 1.54) is 22.7 Å². The Labute approximate surface area is 240 Å². The van der Waals surface area contributed by atoms with Gasteiger partial charge in [-0.15, -0.1) is 20.5 Å². The number of azo groups is 2. The molecule has 12 heteroatoms. The Balaban J connectivity index is 1.29. The summed E-state index contributed by atoms with van der Waals surface area (Å²) in [5, 5.41) is 18.4. The maximum atomic E-state index is 11.7. The summed E-state index contributed by atoms with van der Waals surface area (Å²) in [6, 6.07) is 16.5. The number of nitrogens with zero attached hydrogens (tertiary/aromatic N) is 6. The molecule has 0 aliphatic heterocycles. The fourth-order valence-corrected chi connectivity index (χ4v) is 5.37. The third-order valence-corrected chi connectivity index (χ3v) is 7.81. The Morgan fingerprint density at radius 2 is 1.60 bits per heavy atom. The van der Waals surface area contributed by atoms with Crippen LogP contribution in [0.1, 0.15) is 34.1 Å². The Bertz CT molecular complexity index is 1460. The van der Waals surface area contributed by atoms with E-state index in [-0.39, 0.29) is 31.0 Å². The topological polar surface area (TPSA) is 118 Å². The van der Waals surface area contributed by atoms with Crippen molar-refractivity contribution in [1.82, 2.24) is 4.98 Å². The van der Waals surface area contributed by atoms with Gasteiger partial charge in [0.15, 0.2) is 0 Å². The highest BCUT2D eigenvalue weighted by molar-refractivity contribution is 7.30. The molecular weight excluding hydrogens is 548 g/mol. The molecule has 40 heavy (non-hydrogen) atoms. The maximum Gasteiger partial charge on any atom is 0.308 e. The van der Waals surface area contributed by atoms with Gasteiger partial charge in [0.1, 0.15) is 28.8 Å². The second-order valence-electron chi connectivity index (χ2n) is 8.75. The van der Waals surface area contributed by atoms with E-state index in [0.717, 1.165) is 26.6 Å². The molecule has 0 spiro atoms. The van der Waals surface area contributed by atoms with Crippen molar-refractivity contribution in [2.24, 2.45) is 26.4 Å². The van der Waals surface area contributed by atoms with Crippen molar-refractivity contribution in [1.29, 1.82) is 0 Å². The largest absolute Gasteiger partial charge is 0.490 e. The van der Waals surface area contributed by atoms with Crippen molar-refractivity contribution in [3.8, 4) is 5.75 Å². The van der Waals surface area contributed by atoms with Crippen molar-refractivity contribution in [3.05, 3.63) is 54.6 Å². The number of hydrogen-bond acceptors (Lipinski definition) is 11. The van der Waals surface area contributed by atoms with Gasteiger partial charge in [-0.25, -0.2) is 4.98 Å². The molecule has 0 N–H and O–H groups in total. The molecule has 0 bridgehead atoms. The van der Waals surface area contributed by atoms with E-state index in [9.17, 15) is 9.59 Å². The van der Waals surface area contributed by atoms with Gasteiger partial charge in [0.05, 0.1) is 22.0 Å². The van der Waals surface area contributed by atoms with Gasteiger partial charge in [-0.2, -0.15) is 0 Å². The third-order valence-electron chi connectivity index (χ3n) is 5.89. The number of carbonyl (C=O) groups is 2. The molecule has 0 aliphatic carbocycles. The van der Waals surface area contributed by atoms with Crippen LogP contribution in [0.2, 0.25) is 0 Å². The summed E-state index contributed by atoms with van der Waals surface area (Å²) in [5.41, 5.74) is 2.19. The minimum atomic E-state index is -0.205. The zero-order valence-electron chi connectivity index (χ0n) is 22.7. The number of ether oxygens (including phenoxy) is 2. The molecule has 2 aromatic heterocycles. The van der Waals surface area contributed by atoms with Gasteiger partial charge in [-0.3, -0.25) is 9.59 Å². The van der Waals surface area contributed by atoms with Crippen molar-refractivity contribution in [2.75, 3.05) is 24.7 Å². The predicted octanol–water partition coefficient (Wildman–Crippen LogP) is 8.53. The second-order valence-corrected chi connectivity index (χ2v) is 10.8. The van der Waals surface area contributed by atoms with Crippen LogP contribution in [0.4, 0.5) is 27.2 Å². The lowest BCUT2D eigenvalue weighted by atomic mass is 10.1. The van der Waals surface area contributed by atoms with Crippen LogP contribution in [0, 0.1) is 5.92 Å². The van der Waals surface area contributed by atoms with E-state index >= 15 is 0 Å².